The highest BCUT2D eigenvalue weighted by Crippen LogP contribution is 2.26. The van der Waals surface area contributed by atoms with Crippen molar-refractivity contribution in [2.45, 2.75) is 25.4 Å². The van der Waals surface area contributed by atoms with Crippen LogP contribution in [0.1, 0.15) is 30.0 Å². The Morgan fingerprint density at radius 3 is 2.58 bits per heavy atom. The molecule has 2 aromatic rings. The van der Waals surface area contributed by atoms with Gasteiger partial charge in [-0.05, 0) is 36.2 Å². The van der Waals surface area contributed by atoms with Gasteiger partial charge >= 0.3 is 0 Å². The van der Waals surface area contributed by atoms with Gasteiger partial charge in [0.15, 0.2) is 0 Å². The van der Waals surface area contributed by atoms with Gasteiger partial charge in [-0.3, -0.25) is 14.7 Å². The molecular formula is C20H27ClN4O. The lowest BCUT2D eigenvalue weighted by Crippen LogP contribution is -2.35. The first kappa shape index (κ1) is 20.4. The molecular weight excluding hydrogens is 348 g/mol. The molecule has 1 fully saturated rings. The van der Waals surface area contributed by atoms with Crippen LogP contribution in [-0.2, 0) is 11.3 Å². The van der Waals surface area contributed by atoms with Crippen molar-refractivity contribution in [1.82, 2.24) is 20.5 Å². The fourth-order valence-electron chi connectivity index (χ4n) is 3.27. The van der Waals surface area contributed by atoms with Gasteiger partial charge in [0.05, 0.1) is 0 Å². The van der Waals surface area contributed by atoms with Gasteiger partial charge in [0.2, 0.25) is 5.91 Å². The Balaban J connectivity index is 0.00000243. The number of halogens is 1. The predicted molar refractivity (Wildman–Crippen MR) is 106 cm³/mol. The van der Waals surface area contributed by atoms with Crippen LogP contribution >= 0.6 is 12.4 Å². The van der Waals surface area contributed by atoms with Crippen LogP contribution in [0.4, 0.5) is 0 Å². The number of nitrogens with one attached hydrogen (secondary N) is 2. The summed E-state index contributed by atoms with van der Waals surface area (Å²) in [5, 5.41) is 6.42. The van der Waals surface area contributed by atoms with Crippen molar-refractivity contribution >= 4 is 18.3 Å². The van der Waals surface area contributed by atoms with Crippen LogP contribution in [-0.4, -0.2) is 42.0 Å². The first-order valence-corrected chi connectivity index (χ1v) is 8.98. The maximum Gasteiger partial charge on any atom is 0.221 e. The van der Waals surface area contributed by atoms with Crippen molar-refractivity contribution in [3.8, 4) is 0 Å². The van der Waals surface area contributed by atoms with E-state index in [2.05, 4.69) is 32.7 Å². The Kier molecular flexibility index (Phi) is 8.54. The number of nitrogens with zero attached hydrogens (tertiary/aromatic N) is 2. The lowest BCUT2D eigenvalue weighted by molar-refractivity contribution is -0.122. The Morgan fingerprint density at radius 1 is 1.04 bits per heavy atom. The average Bonchev–Trinajstić information content (AvgIpc) is 2.69. The molecule has 6 heteroatoms. The van der Waals surface area contributed by atoms with E-state index >= 15 is 0 Å². The molecule has 2 N–H and O–H groups in total. The Hall–Kier alpha value is -1.95. The molecule has 140 valence electrons. The van der Waals surface area contributed by atoms with E-state index in [1.807, 2.05) is 42.7 Å². The molecule has 1 unspecified atom stereocenters. The molecule has 1 atom stereocenters. The van der Waals surface area contributed by atoms with Gasteiger partial charge in [0.25, 0.3) is 0 Å². The minimum Gasteiger partial charge on any atom is -0.355 e. The molecule has 0 saturated carbocycles. The summed E-state index contributed by atoms with van der Waals surface area (Å²) in [5.74, 6) is 0.109. The van der Waals surface area contributed by atoms with Gasteiger partial charge in [-0.1, -0.05) is 30.3 Å². The van der Waals surface area contributed by atoms with Crippen molar-refractivity contribution in [2.75, 3.05) is 26.2 Å². The summed E-state index contributed by atoms with van der Waals surface area (Å²) in [6.45, 7) is 4.23. The number of pyridine rings is 1. The number of amides is 1. The zero-order valence-corrected chi connectivity index (χ0v) is 15.8. The fraction of sp³-hybridized carbons (Fsp3) is 0.400. The van der Waals surface area contributed by atoms with E-state index in [4.69, 9.17) is 0 Å². The maximum atomic E-state index is 12.4. The SMILES string of the molecule is Cl.O=C1CC(c2ccccc2)N(Cc2ccncc2)CCCNCCN1. The molecule has 0 aliphatic carbocycles. The molecule has 3 rings (SSSR count). The number of benzene rings is 1. The first-order chi connectivity index (χ1) is 12.3. The zero-order chi connectivity index (χ0) is 17.3. The largest absolute Gasteiger partial charge is 0.355 e. The van der Waals surface area contributed by atoms with Crippen molar-refractivity contribution in [3.63, 3.8) is 0 Å². The summed E-state index contributed by atoms with van der Waals surface area (Å²) in [4.78, 5) is 18.9. The van der Waals surface area contributed by atoms with Crippen LogP contribution < -0.4 is 10.6 Å². The highest BCUT2D eigenvalue weighted by molar-refractivity contribution is 5.85. The van der Waals surface area contributed by atoms with Gasteiger partial charge in [-0.25, -0.2) is 0 Å². The van der Waals surface area contributed by atoms with E-state index in [1.54, 1.807) is 0 Å². The first-order valence-electron chi connectivity index (χ1n) is 8.98. The Morgan fingerprint density at radius 2 is 1.81 bits per heavy atom. The van der Waals surface area contributed by atoms with E-state index < -0.39 is 0 Å². The molecule has 1 aromatic heterocycles. The predicted octanol–water partition coefficient (Wildman–Crippen LogP) is 2.55. The normalized spacial score (nSPS) is 19.7. The summed E-state index contributed by atoms with van der Waals surface area (Å²) in [7, 11) is 0. The quantitative estimate of drug-likeness (QED) is 0.866. The summed E-state index contributed by atoms with van der Waals surface area (Å²) in [6.07, 6.45) is 5.19. The second-order valence-corrected chi connectivity index (χ2v) is 6.41. The molecule has 0 radical (unpaired) electrons. The Bertz CT molecular complexity index is 653. The molecule has 2 heterocycles. The summed E-state index contributed by atoms with van der Waals surface area (Å²) < 4.78 is 0. The average molecular weight is 375 g/mol. The molecule has 1 aromatic carbocycles. The number of carbonyl (C=O) groups is 1. The lowest BCUT2D eigenvalue weighted by atomic mass is 10.0. The van der Waals surface area contributed by atoms with Crippen LogP contribution in [0.3, 0.4) is 0 Å². The lowest BCUT2D eigenvalue weighted by Gasteiger charge is -2.32. The van der Waals surface area contributed by atoms with Crippen LogP contribution in [0.25, 0.3) is 0 Å². The molecule has 1 aliphatic rings. The number of hydrogen-bond acceptors (Lipinski definition) is 4. The van der Waals surface area contributed by atoms with Gasteiger partial charge in [0.1, 0.15) is 0 Å². The van der Waals surface area contributed by atoms with Crippen LogP contribution in [0, 0.1) is 0 Å². The second-order valence-electron chi connectivity index (χ2n) is 6.41. The standard InChI is InChI=1S/C20H26N4O.ClH/c25-20-15-19(18-5-2-1-3-6-18)24(14-4-9-21-12-13-23-20)16-17-7-10-22-11-8-17;/h1-3,5-8,10-11,19,21H,4,9,12-16H2,(H,23,25);1H. The summed E-state index contributed by atoms with van der Waals surface area (Å²) >= 11 is 0. The number of aromatic nitrogens is 1. The van der Waals surface area contributed by atoms with Crippen LogP contribution in [0.2, 0.25) is 0 Å². The highest BCUT2D eigenvalue weighted by atomic mass is 35.5. The second kappa shape index (κ2) is 10.9. The number of hydrogen-bond donors (Lipinski definition) is 2. The zero-order valence-electron chi connectivity index (χ0n) is 14.9. The van der Waals surface area contributed by atoms with Crippen molar-refractivity contribution in [1.29, 1.82) is 0 Å². The van der Waals surface area contributed by atoms with E-state index in [1.165, 1.54) is 11.1 Å². The third kappa shape index (κ3) is 6.09. The fourth-order valence-corrected chi connectivity index (χ4v) is 3.27. The van der Waals surface area contributed by atoms with Crippen molar-refractivity contribution in [2.24, 2.45) is 0 Å². The Labute approximate surface area is 161 Å². The van der Waals surface area contributed by atoms with Gasteiger partial charge < -0.3 is 10.6 Å². The van der Waals surface area contributed by atoms with Gasteiger partial charge in [-0.2, -0.15) is 0 Å². The molecule has 26 heavy (non-hydrogen) atoms. The van der Waals surface area contributed by atoms with E-state index in [9.17, 15) is 4.79 Å². The molecule has 5 nitrogen and oxygen atoms in total. The highest BCUT2D eigenvalue weighted by Gasteiger charge is 2.23. The van der Waals surface area contributed by atoms with E-state index in [-0.39, 0.29) is 24.4 Å². The minimum atomic E-state index is 0. The molecule has 0 bridgehead atoms. The van der Waals surface area contributed by atoms with Crippen LogP contribution in [0.15, 0.2) is 54.9 Å². The maximum absolute atomic E-state index is 12.4. The summed E-state index contributed by atoms with van der Waals surface area (Å²) in [5.41, 5.74) is 2.41. The number of carbonyl (C=O) groups excluding carboxylic acids is 1. The van der Waals surface area contributed by atoms with Crippen molar-refractivity contribution < 1.29 is 4.79 Å². The van der Waals surface area contributed by atoms with Crippen molar-refractivity contribution in [3.05, 3.63) is 66.0 Å². The third-order valence-electron chi connectivity index (χ3n) is 4.56. The third-order valence-corrected chi connectivity index (χ3v) is 4.56. The summed E-state index contributed by atoms with van der Waals surface area (Å²) in [6, 6.07) is 14.5. The van der Waals surface area contributed by atoms with Gasteiger partial charge in [0, 0.05) is 51.0 Å². The number of rotatable bonds is 3. The van der Waals surface area contributed by atoms with E-state index in [0.717, 1.165) is 32.6 Å². The smallest absolute Gasteiger partial charge is 0.221 e. The van der Waals surface area contributed by atoms with Crippen LogP contribution in [0.5, 0.6) is 0 Å². The molecule has 1 amide bonds. The molecule has 1 saturated heterocycles. The molecule has 1 aliphatic heterocycles. The van der Waals surface area contributed by atoms with Gasteiger partial charge in [-0.15, -0.1) is 12.4 Å². The monoisotopic (exact) mass is 374 g/mol. The van der Waals surface area contributed by atoms with E-state index in [0.29, 0.717) is 13.0 Å². The topological polar surface area (TPSA) is 57.3 Å². The minimum absolute atomic E-state index is 0. The molecule has 0 spiro atoms.